The number of rotatable bonds is 9. The van der Waals surface area contributed by atoms with Gasteiger partial charge in [-0.1, -0.05) is 25.4 Å². The Morgan fingerprint density at radius 3 is 2.30 bits per heavy atom. The van der Waals surface area contributed by atoms with Gasteiger partial charge in [0.2, 0.25) is 5.91 Å². The first kappa shape index (κ1) is 22.0. The van der Waals surface area contributed by atoms with Crippen molar-refractivity contribution in [3.05, 3.63) is 47.0 Å². The minimum absolute atomic E-state index is 0.0456. The summed E-state index contributed by atoms with van der Waals surface area (Å²) in [5, 5.41) is 6.01. The van der Waals surface area contributed by atoms with E-state index in [-0.39, 0.29) is 17.7 Å². The molecule has 2 aromatic rings. The molecule has 1 saturated carbocycles. The Morgan fingerprint density at radius 1 is 1.10 bits per heavy atom. The van der Waals surface area contributed by atoms with Crippen molar-refractivity contribution >= 4 is 34.8 Å². The number of benzene rings is 2. The maximum Gasteiger partial charge on any atom is 0.255 e. The highest BCUT2D eigenvalue weighted by atomic mass is 35.5. The number of anilines is 2. The van der Waals surface area contributed by atoms with E-state index in [0.29, 0.717) is 46.0 Å². The number of carbonyl (C=O) groups is 2. The lowest BCUT2D eigenvalue weighted by Gasteiger charge is -2.15. The Kier molecular flexibility index (Phi) is 7.21. The first-order valence-electron chi connectivity index (χ1n) is 10.1. The Balaban J connectivity index is 1.65. The van der Waals surface area contributed by atoms with E-state index in [4.69, 9.17) is 21.1 Å². The van der Waals surface area contributed by atoms with E-state index in [9.17, 15) is 9.59 Å². The number of carbonyl (C=O) groups excluding carboxylic acids is 2. The molecular formula is C23H27ClN2O4. The molecule has 7 heteroatoms. The minimum Gasteiger partial charge on any atom is -0.493 e. The number of amides is 2. The van der Waals surface area contributed by atoms with Crippen molar-refractivity contribution in [3.63, 3.8) is 0 Å². The van der Waals surface area contributed by atoms with Crippen LogP contribution in [0.15, 0.2) is 36.4 Å². The average molecular weight is 431 g/mol. The first-order valence-corrected chi connectivity index (χ1v) is 10.5. The SMILES string of the molecule is COc1cc(C(=O)Nc2ccc(NC(=O)C3CC3)cc2)cc(Cl)c1OCCC(C)C. The van der Waals surface area contributed by atoms with Gasteiger partial charge in [0, 0.05) is 22.9 Å². The van der Waals surface area contributed by atoms with Gasteiger partial charge in [0.1, 0.15) is 0 Å². The second-order valence-corrected chi connectivity index (χ2v) is 8.22. The van der Waals surface area contributed by atoms with Gasteiger partial charge in [-0.25, -0.2) is 0 Å². The Bertz CT molecular complexity index is 908. The summed E-state index contributed by atoms with van der Waals surface area (Å²) in [4.78, 5) is 24.5. The molecule has 0 unspecified atom stereocenters. The molecular weight excluding hydrogens is 404 g/mol. The molecule has 30 heavy (non-hydrogen) atoms. The largest absolute Gasteiger partial charge is 0.493 e. The lowest BCUT2D eigenvalue weighted by Crippen LogP contribution is -2.14. The molecule has 0 heterocycles. The van der Waals surface area contributed by atoms with E-state index in [0.717, 1.165) is 19.3 Å². The molecule has 160 valence electrons. The van der Waals surface area contributed by atoms with Gasteiger partial charge >= 0.3 is 0 Å². The van der Waals surface area contributed by atoms with Crippen molar-refractivity contribution in [1.29, 1.82) is 0 Å². The summed E-state index contributed by atoms with van der Waals surface area (Å²) in [5.41, 5.74) is 1.67. The van der Waals surface area contributed by atoms with Crippen LogP contribution in [0.3, 0.4) is 0 Å². The van der Waals surface area contributed by atoms with Crippen LogP contribution in [-0.4, -0.2) is 25.5 Å². The van der Waals surface area contributed by atoms with Crippen LogP contribution in [0.2, 0.25) is 5.02 Å². The van der Waals surface area contributed by atoms with Crippen LogP contribution in [0.25, 0.3) is 0 Å². The fourth-order valence-corrected chi connectivity index (χ4v) is 3.08. The van der Waals surface area contributed by atoms with Crippen LogP contribution in [0, 0.1) is 11.8 Å². The van der Waals surface area contributed by atoms with Crippen molar-refractivity contribution in [1.82, 2.24) is 0 Å². The van der Waals surface area contributed by atoms with E-state index in [1.807, 2.05) is 0 Å². The van der Waals surface area contributed by atoms with Crippen molar-refractivity contribution in [2.24, 2.45) is 11.8 Å². The van der Waals surface area contributed by atoms with Crippen molar-refractivity contribution < 1.29 is 19.1 Å². The third-order valence-electron chi connectivity index (χ3n) is 4.79. The summed E-state index contributed by atoms with van der Waals surface area (Å²) in [7, 11) is 1.51. The normalized spacial score (nSPS) is 13.1. The maximum absolute atomic E-state index is 12.7. The van der Waals surface area contributed by atoms with E-state index in [2.05, 4.69) is 24.5 Å². The van der Waals surface area contributed by atoms with E-state index in [1.54, 1.807) is 36.4 Å². The van der Waals surface area contributed by atoms with Gasteiger partial charge < -0.3 is 20.1 Å². The van der Waals surface area contributed by atoms with Crippen LogP contribution in [0.1, 0.15) is 43.5 Å². The summed E-state index contributed by atoms with van der Waals surface area (Å²) in [6, 6.07) is 10.2. The zero-order valence-electron chi connectivity index (χ0n) is 17.5. The summed E-state index contributed by atoms with van der Waals surface area (Å²) in [6.07, 6.45) is 2.79. The molecule has 0 spiro atoms. The fraction of sp³-hybridized carbons (Fsp3) is 0.391. The van der Waals surface area contributed by atoms with Crippen LogP contribution in [0.4, 0.5) is 11.4 Å². The summed E-state index contributed by atoms with van der Waals surface area (Å²) in [6.45, 7) is 4.75. The van der Waals surface area contributed by atoms with Crippen LogP contribution in [-0.2, 0) is 4.79 Å². The molecule has 0 aromatic heterocycles. The minimum atomic E-state index is -0.321. The maximum atomic E-state index is 12.7. The van der Waals surface area contributed by atoms with Crippen LogP contribution < -0.4 is 20.1 Å². The van der Waals surface area contributed by atoms with E-state index < -0.39 is 0 Å². The highest BCUT2D eigenvalue weighted by molar-refractivity contribution is 6.32. The average Bonchev–Trinajstić information content (AvgIpc) is 3.55. The molecule has 3 rings (SSSR count). The number of methoxy groups -OCH3 is 1. The molecule has 6 nitrogen and oxygen atoms in total. The smallest absolute Gasteiger partial charge is 0.255 e. The lowest BCUT2D eigenvalue weighted by atomic mass is 10.1. The predicted molar refractivity (Wildman–Crippen MR) is 119 cm³/mol. The number of ether oxygens (including phenoxy) is 2. The Labute approximate surface area is 181 Å². The quantitative estimate of drug-likeness (QED) is 0.560. The topological polar surface area (TPSA) is 76.7 Å². The number of hydrogen-bond acceptors (Lipinski definition) is 4. The lowest BCUT2D eigenvalue weighted by molar-refractivity contribution is -0.117. The molecule has 0 atom stereocenters. The molecule has 1 fully saturated rings. The number of nitrogens with one attached hydrogen (secondary N) is 2. The highest BCUT2D eigenvalue weighted by Gasteiger charge is 2.29. The summed E-state index contributed by atoms with van der Waals surface area (Å²) >= 11 is 6.35. The van der Waals surface area contributed by atoms with Crippen molar-refractivity contribution in [2.45, 2.75) is 33.1 Å². The molecule has 0 saturated heterocycles. The van der Waals surface area contributed by atoms with Gasteiger partial charge in [0.15, 0.2) is 11.5 Å². The first-order chi connectivity index (χ1) is 14.4. The third kappa shape index (κ3) is 5.89. The van der Waals surface area contributed by atoms with Gasteiger partial charge in [0.25, 0.3) is 5.91 Å². The monoisotopic (exact) mass is 430 g/mol. The van der Waals surface area contributed by atoms with Gasteiger partial charge in [0.05, 0.1) is 18.7 Å². The van der Waals surface area contributed by atoms with Crippen LogP contribution >= 0.6 is 11.6 Å². The predicted octanol–water partition coefficient (Wildman–Crippen LogP) is 5.37. The summed E-state index contributed by atoms with van der Waals surface area (Å²) < 4.78 is 11.1. The third-order valence-corrected chi connectivity index (χ3v) is 5.07. The number of hydrogen-bond donors (Lipinski definition) is 2. The van der Waals surface area contributed by atoms with Crippen LogP contribution in [0.5, 0.6) is 11.5 Å². The second-order valence-electron chi connectivity index (χ2n) is 7.82. The molecule has 2 amide bonds. The molecule has 1 aliphatic rings. The standard InChI is InChI=1S/C23H27ClN2O4/c1-14(2)10-11-30-21-19(24)12-16(13-20(21)29-3)23(28)26-18-8-6-17(7-9-18)25-22(27)15-4-5-15/h6-9,12-15H,4-5,10-11H2,1-3H3,(H,25,27)(H,26,28). The Hall–Kier alpha value is -2.73. The molecule has 0 aliphatic heterocycles. The van der Waals surface area contributed by atoms with Gasteiger partial charge in [-0.2, -0.15) is 0 Å². The Morgan fingerprint density at radius 2 is 1.73 bits per heavy atom. The summed E-state index contributed by atoms with van der Waals surface area (Å²) in [5.74, 6) is 1.22. The molecule has 1 aliphatic carbocycles. The molecule has 0 radical (unpaired) electrons. The molecule has 2 N–H and O–H groups in total. The van der Waals surface area contributed by atoms with Gasteiger partial charge in [-0.3, -0.25) is 9.59 Å². The van der Waals surface area contributed by atoms with E-state index in [1.165, 1.54) is 7.11 Å². The zero-order chi connectivity index (χ0) is 21.7. The van der Waals surface area contributed by atoms with E-state index >= 15 is 0 Å². The van der Waals surface area contributed by atoms with Crippen molar-refractivity contribution in [3.8, 4) is 11.5 Å². The van der Waals surface area contributed by atoms with Gasteiger partial charge in [-0.15, -0.1) is 0 Å². The molecule has 2 aromatic carbocycles. The highest BCUT2D eigenvalue weighted by Crippen LogP contribution is 2.37. The van der Waals surface area contributed by atoms with Gasteiger partial charge in [-0.05, 0) is 61.6 Å². The molecule has 0 bridgehead atoms. The number of halogens is 1. The second kappa shape index (κ2) is 9.85. The zero-order valence-corrected chi connectivity index (χ0v) is 18.2. The van der Waals surface area contributed by atoms with Crippen molar-refractivity contribution in [2.75, 3.05) is 24.4 Å². The fourth-order valence-electron chi connectivity index (χ4n) is 2.82.